The van der Waals surface area contributed by atoms with Gasteiger partial charge in [-0.05, 0) is 47.4 Å². The summed E-state index contributed by atoms with van der Waals surface area (Å²) >= 11 is 1.85. The van der Waals surface area contributed by atoms with E-state index in [1.54, 1.807) is 0 Å². The summed E-state index contributed by atoms with van der Waals surface area (Å²) in [5, 5.41) is 0. The summed E-state index contributed by atoms with van der Waals surface area (Å²) in [6.07, 6.45) is 6.91. The average molecular weight is 320 g/mol. The first-order valence-electron chi connectivity index (χ1n) is 8.11. The van der Waals surface area contributed by atoms with Crippen molar-refractivity contribution in [1.82, 2.24) is 0 Å². The molecule has 2 aromatic carbocycles. The van der Waals surface area contributed by atoms with Gasteiger partial charge in [0.25, 0.3) is 0 Å². The third kappa shape index (κ3) is 2.77. The lowest BCUT2D eigenvalue weighted by molar-refractivity contribution is 0.0984. The molecule has 0 saturated heterocycles. The van der Waals surface area contributed by atoms with E-state index >= 15 is 0 Å². The summed E-state index contributed by atoms with van der Waals surface area (Å²) in [5.41, 5.74) is 6.77. The van der Waals surface area contributed by atoms with E-state index in [2.05, 4.69) is 66.9 Å². The topological polar surface area (TPSA) is 9.23 Å². The second-order valence-electron chi connectivity index (χ2n) is 6.02. The fourth-order valence-electron chi connectivity index (χ4n) is 3.57. The van der Waals surface area contributed by atoms with Crippen LogP contribution in [0.15, 0.2) is 65.1 Å². The first-order valence-corrected chi connectivity index (χ1v) is 9.33. The quantitative estimate of drug-likeness (QED) is 0.753. The van der Waals surface area contributed by atoms with Crippen molar-refractivity contribution in [2.45, 2.75) is 18.9 Å². The van der Waals surface area contributed by atoms with Gasteiger partial charge >= 0.3 is 0 Å². The molecule has 0 N–H and O–H groups in total. The van der Waals surface area contributed by atoms with E-state index < -0.39 is 0 Å². The minimum atomic E-state index is 0.250. The van der Waals surface area contributed by atoms with Crippen molar-refractivity contribution in [3.63, 3.8) is 0 Å². The van der Waals surface area contributed by atoms with E-state index in [0.29, 0.717) is 6.61 Å². The zero-order valence-electron chi connectivity index (χ0n) is 13.3. The smallest absolute Gasteiger partial charge is 0.0849 e. The molecule has 1 aliphatic heterocycles. The Morgan fingerprint density at radius 2 is 1.83 bits per heavy atom. The van der Waals surface area contributed by atoms with Crippen LogP contribution in [-0.4, -0.2) is 19.0 Å². The Morgan fingerprint density at radius 3 is 2.65 bits per heavy atom. The van der Waals surface area contributed by atoms with Crippen molar-refractivity contribution in [2.75, 3.05) is 12.9 Å². The predicted octanol–water partition coefficient (Wildman–Crippen LogP) is 5.19. The zero-order valence-corrected chi connectivity index (χ0v) is 14.1. The molecule has 1 heterocycles. The second kappa shape index (κ2) is 6.38. The Balaban J connectivity index is 1.86. The maximum Gasteiger partial charge on any atom is 0.0849 e. The molecule has 1 atom stereocenters. The molecule has 2 heteroatoms. The molecule has 0 bridgehead atoms. The third-order valence-corrected chi connectivity index (χ3v) is 5.52. The van der Waals surface area contributed by atoms with Crippen molar-refractivity contribution < 1.29 is 4.74 Å². The van der Waals surface area contributed by atoms with Crippen LogP contribution in [0.2, 0.25) is 0 Å². The Kier molecular flexibility index (Phi) is 4.11. The van der Waals surface area contributed by atoms with Gasteiger partial charge in [-0.25, -0.2) is 0 Å². The molecular formula is C21H20OS. The number of thioether (sulfide) groups is 1. The Bertz CT molecular complexity index is 773. The molecule has 0 fully saturated rings. The second-order valence-corrected chi connectivity index (χ2v) is 6.84. The highest BCUT2D eigenvalue weighted by Gasteiger charge is 2.31. The summed E-state index contributed by atoms with van der Waals surface area (Å²) in [6, 6.07) is 19.3. The number of fused-ring (bicyclic) bond motifs is 3. The number of rotatable bonds is 2. The maximum absolute atomic E-state index is 6.22. The Hall–Kier alpha value is -1.77. The van der Waals surface area contributed by atoms with Crippen molar-refractivity contribution in [3.05, 3.63) is 81.8 Å². The van der Waals surface area contributed by atoms with Gasteiger partial charge in [-0.1, -0.05) is 54.6 Å². The minimum absolute atomic E-state index is 0.250. The first-order chi connectivity index (χ1) is 11.4. The first kappa shape index (κ1) is 14.8. The van der Waals surface area contributed by atoms with Gasteiger partial charge in [0.1, 0.15) is 0 Å². The van der Waals surface area contributed by atoms with Crippen LogP contribution in [-0.2, 0) is 11.2 Å². The maximum atomic E-state index is 6.22. The number of hydrogen-bond donors (Lipinski definition) is 0. The molecule has 0 amide bonds. The zero-order chi connectivity index (χ0) is 15.6. The van der Waals surface area contributed by atoms with Crippen LogP contribution in [0, 0.1) is 0 Å². The summed E-state index contributed by atoms with van der Waals surface area (Å²) in [7, 11) is 0. The van der Waals surface area contributed by atoms with Crippen molar-refractivity contribution in [2.24, 2.45) is 0 Å². The van der Waals surface area contributed by atoms with E-state index in [1.165, 1.54) is 32.7 Å². The SMILES string of the molecule is CSC1=C2c3ccccc3CCC2OC/C1=C\c1ccccc1. The van der Waals surface area contributed by atoms with Gasteiger partial charge in [0, 0.05) is 10.5 Å². The highest BCUT2D eigenvalue weighted by molar-refractivity contribution is 8.02. The molecule has 0 aromatic heterocycles. The number of ether oxygens (including phenoxy) is 1. The van der Waals surface area contributed by atoms with Crippen molar-refractivity contribution >= 4 is 23.4 Å². The lowest BCUT2D eigenvalue weighted by Crippen LogP contribution is -2.27. The molecule has 0 radical (unpaired) electrons. The van der Waals surface area contributed by atoms with Gasteiger partial charge in [-0.15, -0.1) is 11.8 Å². The van der Waals surface area contributed by atoms with E-state index in [-0.39, 0.29) is 6.10 Å². The van der Waals surface area contributed by atoms with Gasteiger partial charge in [-0.3, -0.25) is 0 Å². The molecule has 2 aromatic rings. The average Bonchev–Trinajstić information content (AvgIpc) is 2.62. The lowest BCUT2D eigenvalue weighted by Gasteiger charge is -2.35. The summed E-state index contributed by atoms with van der Waals surface area (Å²) in [4.78, 5) is 1.40. The van der Waals surface area contributed by atoms with Gasteiger partial charge < -0.3 is 4.74 Å². The number of aryl methyl sites for hydroxylation is 1. The largest absolute Gasteiger partial charge is 0.369 e. The third-order valence-electron chi connectivity index (χ3n) is 4.63. The predicted molar refractivity (Wildman–Crippen MR) is 99.4 cm³/mol. The fraction of sp³-hybridized carbons (Fsp3) is 0.238. The normalized spacial score (nSPS) is 22.0. The molecule has 1 nitrogen and oxygen atoms in total. The highest BCUT2D eigenvalue weighted by atomic mass is 32.2. The number of benzene rings is 2. The van der Waals surface area contributed by atoms with Crippen LogP contribution in [0.25, 0.3) is 11.6 Å². The fourth-order valence-corrected chi connectivity index (χ4v) is 4.41. The molecule has 0 saturated carbocycles. The molecule has 0 spiro atoms. The highest BCUT2D eigenvalue weighted by Crippen LogP contribution is 2.44. The lowest BCUT2D eigenvalue weighted by atomic mass is 9.83. The van der Waals surface area contributed by atoms with E-state index in [1.807, 2.05) is 11.8 Å². The van der Waals surface area contributed by atoms with E-state index in [0.717, 1.165) is 12.8 Å². The van der Waals surface area contributed by atoms with Gasteiger partial charge in [0.2, 0.25) is 0 Å². The summed E-state index contributed by atoms with van der Waals surface area (Å²) < 4.78 is 6.22. The standard InChI is InChI=1S/C21H20OS/c1-23-21-17(13-15-7-3-2-4-8-15)14-22-19-12-11-16-9-5-6-10-18(16)20(19)21/h2-10,13,19H,11-12,14H2,1H3/b17-13+. The van der Waals surface area contributed by atoms with Gasteiger partial charge in [0.15, 0.2) is 0 Å². The Labute approximate surface area is 142 Å². The molecular weight excluding hydrogens is 300 g/mol. The molecule has 2 aliphatic rings. The van der Waals surface area contributed by atoms with Crippen LogP contribution >= 0.6 is 11.8 Å². The summed E-state index contributed by atoms with van der Waals surface area (Å²) in [6.45, 7) is 0.710. The molecule has 23 heavy (non-hydrogen) atoms. The molecule has 4 rings (SSSR count). The number of hydrogen-bond acceptors (Lipinski definition) is 2. The molecule has 1 aliphatic carbocycles. The van der Waals surface area contributed by atoms with Gasteiger partial charge in [0.05, 0.1) is 12.7 Å². The van der Waals surface area contributed by atoms with Crippen molar-refractivity contribution in [3.8, 4) is 0 Å². The van der Waals surface area contributed by atoms with E-state index in [9.17, 15) is 0 Å². The van der Waals surface area contributed by atoms with Crippen LogP contribution in [0.3, 0.4) is 0 Å². The van der Waals surface area contributed by atoms with Crippen LogP contribution < -0.4 is 0 Å². The van der Waals surface area contributed by atoms with E-state index in [4.69, 9.17) is 4.74 Å². The van der Waals surface area contributed by atoms with Crippen LogP contribution in [0.4, 0.5) is 0 Å². The van der Waals surface area contributed by atoms with Gasteiger partial charge in [-0.2, -0.15) is 0 Å². The van der Waals surface area contributed by atoms with Crippen molar-refractivity contribution in [1.29, 1.82) is 0 Å². The molecule has 1 unspecified atom stereocenters. The summed E-state index contributed by atoms with van der Waals surface area (Å²) in [5.74, 6) is 0. The van der Waals surface area contributed by atoms with Crippen LogP contribution in [0.1, 0.15) is 23.1 Å². The van der Waals surface area contributed by atoms with Crippen LogP contribution in [0.5, 0.6) is 0 Å². The molecule has 116 valence electrons. The minimum Gasteiger partial charge on any atom is -0.369 e. The monoisotopic (exact) mass is 320 g/mol. The Morgan fingerprint density at radius 1 is 1.04 bits per heavy atom.